The zero-order valence-electron chi connectivity index (χ0n) is 12.2. The molecule has 2 aliphatic rings. The van der Waals surface area contributed by atoms with Gasteiger partial charge in [-0.3, -0.25) is 0 Å². The summed E-state index contributed by atoms with van der Waals surface area (Å²) in [5, 5.41) is 3.60. The van der Waals surface area contributed by atoms with E-state index in [-0.39, 0.29) is 0 Å². The standard InChI is InChI=1S/C17H23NO2/c1-13(18-10-9-14-5-3-2-4-6-14)15-7-8-16-17(11-15)20-12-19-16/h5,7-8,11,13,18H,2-4,6,9-10,12H2,1H3. The van der Waals surface area contributed by atoms with Gasteiger partial charge < -0.3 is 14.8 Å². The van der Waals surface area contributed by atoms with E-state index in [1.54, 1.807) is 5.57 Å². The SMILES string of the molecule is CC(NCCC1=CCCCC1)c1ccc2c(c1)OCO2. The molecule has 1 heterocycles. The molecular formula is C17H23NO2. The molecule has 0 aromatic heterocycles. The summed E-state index contributed by atoms with van der Waals surface area (Å²) in [5.41, 5.74) is 2.88. The van der Waals surface area contributed by atoms with Gasteiger partial charge in [0, 0.05) is 6.04 Å². The molecular weight excluding hydrogens is 250 g/mol. The minimum absolute atomic E-state index is 0.341. The number of ether oxygens (including phenoxy) is 2. The molecule has 1 atom stereocenters. The molecule has 0 fully saturated rings. The first-order valence-electron chi connectivity index (χ1n) is 7.64. The summed E-state index contributed by atoms with van der Waals surface area (Å²) in [5.74, 6) is 1.72. The number of hydrogen-bond acceptors (Lipinski definition) is 3. The molecule has 108 valence electrons. The summed E-state index contributed by atoms with van der Waals surface area (Å²) in [6.07, 6.45) is 8.90. The Morgan fingerprint density at radius 3 is 2.95 bits per heavy atom. The highest BCUT2D eigenvalue weighted by Crippen LogP contribution is 2.34. The van der Waals surface area contributed by atoms with Gasteiger partial charge in [0.1, 0.15) is 0 Å². The summed E-state index contributed by atoms with van der Waals surface area (Å²) in [4.78, 5) is 0. The molecule has 3 heteroatoms. The second-order valence-corrected chi connectivity index (χ2v) is 5.65. The molecule has 20 heavy (non-hydrogen) atoms. The smallest absolute Gasteiger partial charge is 0.231 e. The van der Waals surface area contributed by atoms with Crippen molar-refractivity contribution in [2.24, 2.45) is 0 Å². The van der Waals surface area contributed by atoms with Crippen LogP contribution in [0, 0.1) is 0 Å². The normalized spacial score (nSPS) is 18.8. The first-order valence-corrected chi connectivity index (χ1v) is 7.64. The van der Waals surface area contributed by atoms with Crippen molar-refractivity contribution in [2.45, 2.75) is 45.1 Å². The van der Waals surface area contributed by atoms with Crippen LogP contribution in [-0.2, 0) is 0 Å². The van der Waals surface area contributed by atoms with Crippen LogP contribution < -0.4 is 14.8 Å². The Balaban J connectivity index is 1.51. The Morgan fingerprint density at radius 1 is 1.20 bits per heavy atom. The molecule has 0 amide bonds. The Kier molecular flexibility index (Phi) is 4.26. The van der Waals surface area contributed by atoms with Gasteiger partial charge in [0.2, 0.25) is 6.79 Å². The van der Waals surface area contributed by atoms with Crippen molar-refractivity contribution in [1.29, 1.82) is 0 Å². The molecule has 0 saturated heterocycles. The lowest BCUT2D eigenvalue weighted by atomic mass is 9.97. The molecule has 1 N–H and O–H groups in total. The van der Waals surface area contributed by atoms with Crippen LogP contribution in [0.5, 0.6) is 11.5 Å². The van der Waals surface area contributed by atoms with Crippen LogP contribution in [0.2, 0.25) is 0 Å². The van der Waals surface area contributed by atoms with E-state index in [1.165, 1.54) is 37.7 Å². The van der Waals surface area contributed by atoms with E-state index in [9.17, 15) is 0 Å². The van der Waals surface area contributed by atoms with E-state index in [0.717, 1.165) is 18.0 Å². The molecule has 3 nitrogen and oxygen atoms in total. The van der Waals surface area contributed by atoms with Crippen molar-refractivity contribution in [3.05, 3.63) is 35.4 Å². The summed E-state index contributed by atoms with van der Waals surface area (Å²) in [6, 6.07) is 6.54. The zero-order chi connectivity index (χ0) is 13.8. The maximum atomic E-state index is 5.43. The third kappa shape index (κ3) is 3.15. The predicted octanol–water partition coefficient (Wildman–Crippen LogP) is 3.96. The number of fused-ring (bicyclic) bond motifs is 1. The van der Waals surface area contributed by atoms with Gasteiger partial charge in [-0.1, -0.05) is 17.7 Å². The second kappa shape index (κ2) is 6.31. The number of nitrogens with one attached hydrogen (secondary N) is 1. The number of benzene rings is 1. The number of allylic oxidation sites excluding steroid dienone is 1. The average Bonchev–Trinajstić information content (AvgIpc) is 2.95. The van der Waals surface area contributed by atoms with Crippen LogP contribution in [0.1, 0.15) is 50.6 Å². The third-order valence-corrected chi connectivity index (χ3v) is 4.18. The molecule has 1 aromatic rings. The average molecular weight is 273 g/mol. The molecule has 1 aromatic carbocycles. The van der Waals surface area contributed by atoms with Crippen molar-refractivity contribution in [3.63, 3.8) is 0 Å². The van der Waals surface area contributed by atoms with Crippen LogP contribution in [0.15, 0.2) is 29.8 Å². The van der Waals surface area contributed by atoms with Crippen LogP contribution in [0.3, 0.4) is 0 Å². The van der Waals surface area contributed by atoms with Crippen molar-refractivity contribution < 1.29 is 9.47 Å². The second-order valence-electron chi connectivity index (χ2n) is 5.65. The largest absolute Gasteiger partial charge is 0.454 e. The van der Waals surface area contributed by atoms with E-state index in [4.69, 9.17) is 9.47 Å². The van der Waals surface area contributed by atoms with Crippen LogP contribution in [-0.4, -0.2) is 13.3 Å². The van der Waals surface area contributed by atoms with Gasteiger partial charge in [-0.15, -0.1) is 0 Å². The molecule has 1 aliphatic heterocycles. The van der Waals surface area contributed by atoms with Gasteiger partial charge >= 0.3 is 0 Å². The topological polar surface area (TPSA) is 30.5 Å². The first kappa shape index (κ1) is 13.5. The minimum atomic E-state index is 0.341. The molecule has 0 saturated carbocycles. The predicted molar refractivity (Wildman–Crippen MR) is 80.2 cm³/mol. The Labute approximate surface area is 121 Å². The fraction of sp³-hybridized carbons (Fsp3) is 0.529. The summed E-state index contributed by atoms with van der Waals surface area (Å²) in [7, 11) is 0. The van der Waals surface area contributed by atoms with Gasteiger partial charge in [0.15, 0.2) is 11.5 Å². The van der Waals surface area contributed by atoms with E-state index in [1.807, 2.05) is 6.07 Å². The third-order valence-electron chi connectivity index (χ3n) is 4.18. The highest BCUT2D eigenvalue weighted by Gasteiger charge is 2.15. The van der Waals surface area contributed by atoms with Gasteiger partial charge in [-0.25, -0.2) is 0 Å². The number of rotatable bonds is 5. The van der Waals surface area contributed by atoms with Crippen LogP contribution >= 0.6 is 0 Å². The van der Waals surface area contributed by atoms with Crippen molar-refractivity contribution in [3.8, 4) is 11.5 Å². The fourth-order valence-electron chi connectivity index (χ4n) is 2.88. The molecule has 0 spiro atoms. The summed E-state index contributed by atoms with van der Waals surface area (Å²) < 4.78 is 10.8. The number of hydrogen-bond donors (Lipinski definition) is 1. The summed E-state index contributed by atoms with van der Waals surface area (Å²) in [6.45, 7) is 3.59. The van der Waals surface area contributed by atoms with Crippen LogP contribution in [0.25, 0.3) is 0 Å². The maximum Gasteiger partial charge on any atom is 0.231 e. The van der Waals surface area contributed by atoms with E-state index >= 15 is 0 Å². The van der Waals surface area contributed by atoms with Crippen molar-refractivity contribution in [1.82, 2.24) is 5.32 Å². The quantitative estimate of drug-likeness (QED) is 0.824. The van der Waals surface area contributed by atoms with Crippen LogP contribution in [0.4, 0.5) is 0 Å². The molecule has 1 unspecified atom stereocenters. The van der Waals surface area contributed by atoms with Gasteiger partial charge in [0.25, 0.3) is 0 Å². The van der Waals surface area contributed by atoms with Gasteiger partial charge in [-0.05, 0) is 63.3 Å². The minimum Gasteiger partial charge on any atom is -0.454 e. The van der Waals surface area contributed by atoms with Crippen molar-refractivity contribution >= 4 is 0 Å². The Hall–Kier alpha value is -1.48. The van der Waals surface area contributed by atoms with Crippen molar-refractivity contribution in [2.75, 3.05) is 13.3 Å². The first-order chi connectivity index (χ1) is 9.83. The maximum absolute atomic E-state index is 5.43. The molecule has 0 radical (unpaired) electrons. The molecule has 0 bridgehead atoms. The van der Waals surface area contributed by atoms with Gasteiger partial charge in [0.05, 0.1) is 0 Å². The van der Waals surface area contributed by atoms with E-state index in [0.29, 0.717) is 12.8 Å². The lowest BCUT2D eigenvalue weighted by Gasteiger charge is -2.17. The monoisotopic (exact) mass is 273 g/mol. The lowest BCUT2D eigenvalue weighted by molar-refractivity contribution is 0.174. The Morgan fingerprint density at radius 2 is 2.10 bits per heavy atom. The van der Waals surface area contributed by atoms with Gasteiger partial charge in [-0.2, -0.15) is 0 Å². The van der Waals surface area contributed by atoms with E-state index in [2.05, 4.69) is 30.4 Å². The van der Waals surface area contributed by atoms with E-state index < -0.39 is 0 Å². The molecule has 1 aliphatic carbocycles. The lowest BCUT2D eigenvalue weighted by Crippen LogP contribution is -2.20. The molecule has 3 rings (SSSR count). The highest BCUT2D eigenvalue weighted by atomic mass is 16.7. The fourth-order valence-corrected chi connectivity index (χ4v) is 2.88. The Bertz CT molecular complexity index is 496. The zero-order valence-corrected chi connectivity index (χ0v) is 12.2. The highest BCUT2D eigenvalue weighted by molar-refractivity contribution is 5.45. The summed E-state index contributed by atoms with van der Waals surface area (Å²) >= 11 is 0.